The molecule has 2 aromatic rings. The summed E-state index contributed by atoms with van der Waals surface area (Å²) in [6.45, 7) is 3.07. The summed E-state index contributed by atoms with van der Waals surface area (Å²) in [4.78, 5) is 2.47. The molecule has 0 spiro atoms. The first-order valence-electron chi connectivity index (χ1n) is 5.59. The van der Waals surface area contributed by atoms with E-state index in [1.807, 2.05) is 31.2 Å². The van der Waals surface area contributed by atoms with Gasteiger partial charge in [-0.15, -0.1) is 0 Å². The summed E-state index contributed by atoms with van der Waals surface area (Å²) in [7, 11) is 3.90. The number of hydrogen-bond acceptors (Lipinski definition) is 3. The smallest absolute Gasteiger partial charge is 0.0629 e. The van der Waals surface area contributed by atoms with Crippen LogP contribution >= 0.6 is 11.8 Å². The van der Waals surface area contributed by atoms with Crippen LogP contribution in [-0.4, -0.2) is 16.8 Å². The lowest BCUT2D eigenvalue weighted by molar-refractivity contribution is 0.766. The molecule has 0 aliphatic heterocycles. The Bertz CT molecular complexity index is 505. The fraction of sp³-hybridized carbons (Fsp3) is 0.308. The second kappa shape index (κ2) is 5.38. The standard InChI is InChI=1S/C13H17N3S/c1-10-6-11(7-14-2)4-5-13(10)17-12-8-15-16(3)9-12/h4-6,8-9,14H,7H2,1-3H3. The Morgan fingerprint density at radius 3 is 2.82 bits per heavy atom. The number of nitrogens with zero attached hydrogens (tertiary/aromatic N) is 2. The van der Waals surface area contributed by atoms with Crippen molar-refractivity contribution in [3.63, 3.8) is 0 Å². The highest BCUT2D eigenvalue weighted by Crippen LogP contribution is 2.30. The number of aryl methyl sites for hydroxylation is 2. The maximum atomic E-state index is 4.18. The fourth-order valence-corrected chi connectivity index (χ4v) is 2.63. The highest BCUT2D eigenvalue weighted by molar-refractivity contribution is 7.99. The van der Waals surface area contributed by atoms with E-state index in [4.69, 9.17) is 0 Å². The predicted molar refractivity (Wildman–Crippen MR) is 71.3 cm³/mol. The third kappa shape index (κ3) is 3.11. The second-order valence-electron chi connectivity index (χ2n) is 4.08. The Morgan fingerprint density at radius 1 is 1.41 bits per heavy atom. The van der Waals surface area contributed by atoms with Gasteiger partial charge in [0.2, 0.25) is 0 Å². The summed E-state index contributed by atoms with van der Waals surface area (Å²) in [5.74, 6) is 0. The van der Waals surface area contributed by atoms with Crippen molar-refractivity contribution in [2.24, 2.45) is 7.05 Å². The molecule has 4 heteroatoms. The first-order valence-corrected chi connectivity index (χ1v) is 6.41. The molecule has 2 rings (SSSR count). The minimum Gasteiger partial charge on any atom is -0.316 e. The van der Waals surface area contributed by atoms with Gasteiger partial charge < -0.3 is 5.32 Å². The van der Waals surface area contributed by atoms with Gasteiger partial charge in [0, 0.05) is 24.7 Å². The van der Waals surface area contributed by atoms with E-state index < -0.39 is 0 Å². The van der Waals surface area contributed by atoms with Gasteiger partial charge >= 0.3 is 0 Å². The molecule has 17 heavy (non-hydrogen) atoms. The maximum Gasteiger partial charge on any atom is 0.0629 e. The van der Waals surface area contributed by atoms with Gasteiger partial charge in [0.25, 0.3) is 0 Å². The van der Waals surface area contributed by atoms with Crippen LogP contribution in [0.2, 0.25) is 0 Å². The van der Waals surface area contributed by atoms with Gasteiger partial charge in [-0.05, 0) is 31.2 Å². The van der Waals surface area contributed by atoms with Crippen molar-refractivity contribution in [2.75, 3.05) is 7.05 Å². The van der Waals surface area contributed by atoms with Gasteiger partial charge in [-0.1, -0.05) is 23.9 Å². The van der Waals surface area contributed by atoms with Crippen LogP contribution < -0.4 is 5.32 Å². The van der Waals surface area contributed by atoms with Crippen LogP contribution in [-0.2, 0) is 13.6 Å². The van der Waals surface area contributed by atoms with Gasteiger partial charge in [0.1, 0.15) is 0 Å². The van der Waals surface area contributed by atoms with Crippen LogP contribution in [0.15, 0.2) is 40.4 Å². The molecule has 0 saturated heterocycles. The molecule has 1 N–H and O–H groups in total. The molecule has 0 fully saturated rings. The molecule has 3 nitrogen and oxygen atoms in total. The monoisotopic (exact) mass is 247 g/mol. The van der Waals surface area contributed by atoms with Crippen molar-refractivity contribution in [1.29, 1.82) is 0 Å². The summed E-state index contributed by atoms with van der Waals surface area (Å²) in [6, 6.07) is 6.58. The van der Waals surface area contributed by atoms with Crippen molar-refractivity contribution in [3.8, 4) is 0 Å². The molecule has 0 saturated carbocycles. The maximum absolute atomic E-state index is 4.18. The minimum absolute atomic E-state index is 0.915. The molecular weight excluding hydrogens is 230 g/mol. The number of aromatic nitrogens is 2. The van der Waals surface area contributed by atoms with Crippen molar-refractivity contribution in [2.45, 2.75) is 23.3 Å². The molecule has 90 valence electrons. The van der Waals surface area contributed by atoms with Crippen LogP contribution in [0, 0.1) is 6.92 Å². The molecule has 1 aromatic heterocycles. The van der Waals surface area contributed by atoms with Crippen molar-refractivity contribution in [3.05, 3.63) is 41.7 Å². The Balaban J connectivity index is 2.16. The lowest BCUT2D eigenvalue weighted by atomic mass is 10.1. The van der Waals surface area contributed by atoms with Gasteiger partial charge in [-0.2, -0.15) is 5.10 Å². The van der Waals surface area contributed by atoms with Crippen LogP contribution in [0.25, 0.3) is 0 Å². The van der Waals surface area contributed by atoms with Crippen LogP contribution in [0.3, 0.4) is 0 Å². The molecule has 0 aliphatic carbocycles. The minimum atomic E-state index is 0.915. The summed E-state index contributed by atoms with van der Waals surface area (Å²) < 4.78 is 1.83. The number of hydrogen-bond donors (Lipinski definition) is 1. The average Bonchev–Trinajstić information content (AvgIpc) is 2.69. The van der Waals surface area contributed by atoms with E-state index in [1.165, 1.54) is 20.9 Å². The van der Waals surface area contributed by atoms with Gasteiger partial charge in [-0.25, -0.2) is 0 Å². The van der Waals surface area contributed by atoms with Gasteiger partial charge in [0.05, 0.1) is 11.1 Å². The van der Waals surface area contributed by atoms with Crippen molar-refractivity contribution < 1.29 is 0 Å². The highest BCUT2D eigenvalue weighted by Gasteiger charge is 2.03. The Hall–Kier alpha value is -1.26. The molecule has 0 atom stereocenters. The number of nitrogens with one attached hydrogen (secondary N) is 1. The Morgan fingerprint density at radius 2 is 2.24 bits per heavy atom. The topological polar surface area (TPSA) is 29.9 Å². The molecule has 0 aliphatic rings. The lowest BCUT2D eigenvalue weighted by Gasteiger charge is -2.06. The Kier molecular flexibility index (Phi) is 3.86. The van der Waals surface area contributed by atoms with Gasteiger partial charge in [0.15, 0.2) is 0 Å². The first kappa shape index (κ1) is 12.2. The van der Waals surface area contributed by atoms with Gasteiger partial charge in [-0.3, -0.25) is 4.68 Å². The molecular formula is C13H17N3S. The summed E-state index contributed by atoms with van der Waals surface area (Å²) in [5.41, 5.74) is 2.63. The van der Waals surface area contributed by atoms with Crippen LogP contribution in [0.5, 0.6) is 0 Å². The number of rotatable bonds is 4. The average molecular weight is 247 g/mol. The van der Waals surface area contributed by atoms with E-state index in [0.29, 0.717) is 0 Å². The van der Waals surface area contributed by atoms with E-state index in [2.05, 4.69) is 35.5 Å². The first-order chi connectivity index (χ1) is 8.19. The quantitative estimate of drug-likeness (QED) is 0.900. The third-order valence-corrected chi connectivity index (χ3v) is 3.65. The normalized spacial score (nSPS) is 10.8. The van der Waals surface area contributed by atoms with Crippen molar-refractivity contribution >= 4 is 11.8 Å². The predicted octanol–water partition coefficient (Wildman–Crippen LogP) is 2.60. The summed E-state index contributed by atoms with van der Waals surface area (Å²) in [5, 5.41) is 7.34. The second-order valence-corrected chi connectivity index (χ2v) is 5.20. The molecule has 0 amide bonds. The van der Waals surface area contributed by atoms with E-state index in [1.54, 1.807) is 11.8 Å². The van der Waals surface area contributed by atoms with E-state index in [-0.39, 0.29) is 0 Å². The SMILES string of the molecule is CNCc1ccc(Sc2cnn(C)c2)c(C)c1. The lowest BCUT2D eigenvalue weighted by Crippen LogP contribution is -2.04. The van der Waals surface area contributed by atoms with E-state index in [9.17, 15) is 0 Å². The van der Waals surface area contributed by atoms with Crippen LogP contribution in [0.1, 0.15) is 11.1 Å². The largest absolute Gasteiger partial charge is 0.316 e. The summed E-state index contributed by atoms with van der Waals surface area (Å²) in [6.07, 6.45) is 3.93. The summed E-state index contributed by atoms with van der Waals surface area (Å²) >= 11 is 1.76. The molecule has 0 unspecified atom stereocenters. The third-order valence-electron chi connectivity index (χ3n) is 2.53. The molecule has 1 aromatic carbocycles. The number of benzene rings is 1. The van der Waals surface area contributed by atoms with Crippen LogP contribution in [0.4, 0.5) is 0 Å². The highest BCUT2D eigenvalue weighted by atomic mass is 32.2. The zero-order valence-electron chi connectivity index (χ0n) is 10.4. The van der Waals surface area contributed by atoms with E-state index in [0.717, 1.165) is 6.54 Å². The Labute approximate surface area is 106 Å². The fourth-order valence-electron chi connectivity index (χ4n) is 1.72. The zero-order valence-corrected chi connectivity index (χ0v) is 11.2. The molecule has 1 heterocycles. The molecule has 0 bridgehead atoms. The van der Waals surface area contributed by atoms with E-state index >= 15 is 0 Å². The zero-order chi connectivity index (χ0) is 12.3. The molecule has 0 radical (unpaired) electrons. The van der Waals surface area contributed by atoms with Crippen molar-refractivity contribution in [1.82, 2.24) is 15.1 Å².